The molecule has 134 valence electrons. The first-order valence-corrected chi connectivity index (χ1v) is 9.66. The van der Waals surface area contributed by atoms with Crippen LogP contribution in [0.4, 0.5) is 0 Å². The van der Waals surface area contributed by atoms with Crippen LogP contribution in [-0.4, -0.2) is 4.98 Å². The van der Waals surface area contributed by atoms with E-state index < -0.39 is 0 Å². The van der Waals surface area contributed by atoms with Gasteiger partial charge in [0.2, 0.25) is 0 Å². The molecule has 0 saturated heterocycles. The normalized spacial score (nSPS) is 11.0. The Balaban J connectivity index is 1.54. The number of hydrogen-bond donors (Lipinski definition) is 0. The minimum atomic E-state index is 0.562. The summed E-state index contributed by atoms with van der Waals surface area (Å²) in [4.78, 5) is 4.65. The van der Waals surface area contributed by atoms with Gasteiger partial charge in [0.15, 0.2) is 0 Å². The molecule has 0 radical (unpaired) electrons. The molecule has 4 heteroatoms. The number of nitriles is 1. The summed E-state index contributed by atoms with van der Waals surface area (Å²) in [7, 11) is 0. The fraction of sp³-hybridized carbons (Fsp3) is 0. The van der Waals surface area contributed by atoms with Crippen molar-refractivity contribution >= 4 is 23.0 Å². The van der Waals surface area contributed by atoms with Crippen LogP contribution in [0.5, 0.6) is 11.5 Å². The lowest BCUT2D eigenvalue weighted by Gasteiger charge is -2.05. The number of para-hydroxylation sites is 1. The number of thiazole rings is 1. The highest BCUT2D eigenvalue weighted by molar-refractivity contribution is 7.11. The van der Waals surface area contributed by atoms with Crippen molar-refractivity contribution in [3.05, 3.63) is 101 Å². The summed E-state index contributed by atoms with van der Waals surface area (Å²) in [5.74, 6) is 1.57. The largest absolute Gasteiger partial charge is 0.457 e. The number of nitrogens with zero attached hydrogens (tertiary/aromatic N) is 2. The molecule has 3 aromatic carbocycles. The molecule has 0 spiro atoms. The summed E-state index contributed by atoms with van der Waals surface area (Å²) in [5.41, 5.74) is 3.38. The Labute approximate surface area is 167 Å². The molecule has 28 heavy (non-hydrogen) atoms. The van der Waals surface area contributed by atoms with Gasteiger partial charge in [0.1, 0.15) is 22.6 Å². The van der Waals surface area contributed by atoms with Crippen LogP contribution in [-0.2, 0) is 0 Å². The molecule has 0 amide bonds. The molecular weight excluding hydrogens is 364 g/mol. The number of rotatable bonds is 5. The number of benzene rings is 3. The van der Waals surface area contributed by atoms with Gasteiger partial charge in [-0.25, -0.2) is 4.98 Å². The highest BCUT2D eigenvalue weighted by Gasteiger charge is 2.09. The summed E-state index contributed by atoms with van der Waals surface area (Å²) in [6.45, 7) is 0. The van der Waals surface area contributed by atoms with Crippen molar-refractivity contribution in [1.82, 2.24) is 4.98 Å². The lowest BCUT2D eigenvalue weighted by Crippen LogP contribution is -1.85. The van der Waals surface area contributed by atoms with E-state index in [0.29, 0.717) is 10.6 Å². The smallest absolute Gasteiger partial charge is 0.134 e. The molecule has 0 atom stereocenters. The summed E-state index contributed by atoms with van der Waals surface area (Å²) in [6, 6.07) is 29.5. The van der Waals surface area contributed by atoms with E-state index in [1.807, 2.05) is 96.4 Å². The summed E-state index contributed by atoms with van der Waals surface area (Å²) >= 11 is 1.47. The van der Waals surface area contributed by atoms with Gasteiger partial charge in [0.05, 0.1) is 11.3 Å². The number of allylic oxidation sites excluding steroid dienone is 1. The van der Waals surface area contributed by atoms with Crippen molar-refractivity contribution in [3.8, 4) is 28.8 Å². The monoisotopic (exact) mass is 380 g/mol. The zero-order chi connectivity index (χ0) is 19.2. The molecule has 0 bridgehead atoms. The Morgan fingerprint density at radius 3 is 2.18 bits per heavy atom. The fourth-order valence-electron chi connectivity index (χ4n) is 2.71. The van der Waals surface area contributed by atoms with Gasteiger partial charge in [0, 0.05) is 10.9 Å². The first-order valence-electron chi connectivity index (χ1n) is 8.78. The number of ether oxygens (including phenoxy) is 1. The minimum absolute atomic E-state index is 0.562. The van der Waals surface area contributed by atoms with Crippen molar-refractivity contribution in [2.45, 2.75) is 0 Å². The lowest BCUT2D eigenvalue weighted by molar-refractivity contribution is 0.483. The predicted octanol–water partition coefficient (Wildman–Crippen LogP) is 6.67. The van der Waals surface area contributed by atoms with Crippen LogP contribution in [0, 0.1) is 11.3 Å². The summed E-state index contributed by atoms with van der Waals surface area (Å²) in [5, 5.41) is 12.2. The Bertz CT molecular complexity index is 1120. The van der Waals surface area contributed by atoms with Gasteiger partial charge < -0.3 is 4.74 Å². The molecule has 0 aliphatic carbocycles. The highest BCUT2D eigenvalue weighted by atomic mass is 32.1. The molecule has 0 aliphatic rings. The summed E-state index contributed by atoms with van der Waals surface area (Å²) < 4.78 is 5.83. The van der Waals surface area contributed by atoms with Gasteiger partial charge >= 0.3 is 0 Å². The van der Waals surface area contributed by atoms with Gasteiger partial charge in [-0.3, -0.25) is 0 Å². The van der Waals surface area contributed by atoms with Crippen molar-refractivity contribution in [3.63, 3.8) is 0 Å². The molecule has 4 aromatic rings. The third-order valence-corrected chi connectivity index (χ3v) is 4.97. The van der Waals surface area contributed by atoms with E-state index in [-0.39, 0.29) is 0 Å². The van der Waals surface area contributed by atoms with Gasteiger partial charge in [-0.2, -0.15) is 5.26 Å². The van der Waals surface area contributed by atoms with E-state index in [4.69, 9.17) is 4.74 Å². The van der Waals surface area contributed by atoms with Crippen LogP contribution in [0.15, 0.2) is 90.3 Å². The van der Waals surface area contributed by atoms with Crippen LogP contribution in [0.1, 0.15) is 10.6 Å². The molecular formula is C24H16N2OS. The van der Waals surface area contributed by atoms with E-state index in [1.165, 1.54) is 11.3 Å². The van der Waals surface area contributed by atoms with Gasteiger partial charge in [-0.1, -0.05) is 48.5 Å². The zero-order valence-corrected chi connectivity index (χ0v) is 15.8. The molecule has 1 aromatic heterocycles. The van der Waals surface area contributed by atoms with Crippen LogP contribution in [0.3, 0.4) is 0 Å². The third kappa shape index (κ3) is 4.17. The molecule has 0 unspecified atom stereocenters. The molecule has 1 heterocycles. The Morgan fingerprint density at radius 1 is 0.857 bits per heavy atom. The quantitative estimate of drug-likeness (QED) is 0.363. The Kier molecular flexibility index (Phi) is 5.28. The second-order valence-corrected chi connectivity index (χ2v) is 6.92. The fourth-order valence-corrected chi connectivity index (χ4v) is 3.50. The minimum Gasteiger partial charge on any atom is -0.457 e. The Hall–Kier alpha value is -3.68. The van der Waals surface area contributed by atoms with E-state index in [1.54, 1.807) is 0 Å². The maximum Gasteiger partial charge on any atom is 0.134 e. The SMILES string of the molecule is N#C/C(=C/c1ccccc1)c1nc(-c2ccc(Oc3ccccc3)cc2)cs1. The molecule has 0 saturated carbocycles. The maximum absolute atomic E-state index is 9.53. The third-order valence-electron chi connectivity index (χ3n) is 4.09. The van der Waals surface area contributed by atoms with Gasteiger partial charge in [-0.15, -0.1) is 11.3 Å². The van der Waals surface area contributed by atoms with Crippen LogP contribution >= 0.6 is 11.3 Å². The van der Waals surface area contributed by atoms with E-state index in [0.717, 1.165) is 28.3 Å². The molecule has 0 aliphatic heterocycles. The van der Waals surface area contributed by atoms with Gasteiger partial charge in [0.25, 0.3) is 0 Å². The second-order valence-electron chi connectivity index (χ2n) is 6.06. The first kappa shape index (κ1) is 17.7. The van der Waals surface area contributed by atoms with E-state index >= 15 is 0 Å². The molecule has 3 nitrogen and oxygen atoms in total. The molecule has 0 fully saturated rings. The lowest BCUT2D eigenvalue weighted by atomic mass is 10.1. The van der Waals surface area contributed by atoms with Crippen molar-refractivity contribution < 1.29 is 4.74 Å². The predicted molar refractivity (Wildman–Crippen MR) is 114 cm³/mol. The second kappa shape index (κ2) is 8.34. The van der Waals surface area contributed by atoms with Crippen LogP contribution < -0.4 is 4.74 Å². The molecule has 0 N–H and O–H groups in total. The van der Waals surface area contributed by atoms with E-state index in [2.05, 4.69) is 11.1 Å². The average molecular weight is 380 g/mol. The van der Waals surface area contributed by atoms with E-state index in [9.17, 15) is 5.26 Å². The Morgan fingerprint density at radius 2 is 1.50 bits per heavy atom. The average Bonchev–Trinajstić information content (AvgIpc) is 3.24. The standard InChI is InChI=1S/C24H16N2OS/c25-16-20(15-18-7-3-1-4-8-18)24-26-23(17-28-24)19-11-13-22(14-12-19)27-21-9-5-2-6-10-21/h1-15,17H/b20-15-. The number of hydrogen-bond acceptors (Lipinski definition) is 4. The first-order chi connectivity index (χ1) is 13.8. The maximum atomic E-state index is 9.53. The van der Waals surface area contributed by atoms with Crippen LogP contribution in [0.2, 0.25) is 0 Å². The zero-order valence-electron chi connectivity index (χ0n) is 14.9. The van der Waals surface area contributed by atoms with Crippen LogP contribution in [0.25, 0.3) is 22.9 Å². The molecule has 4 rings (SSSR count). The van der Waals surface area contributed by atoms with Gasteiger partial charge in [-0.05, 0) is 48.0 Å². The highest BCUT2D eigenvalue weighted by Crippen LogP contribution is 2.29. The van der Waals surface area contributed by atoms with Crippen molar-refractivity contribution in [1.29, 1.82) is 5.26 Å². The topological polar surface area (TPSA) is 45.9 Å². The van der Waals surface area contributed by atoms with Crippen molar-refractivity contribution in [2.24, 2.45) is 0 Å². The summed E-state index contributed by atoms with van der Waals surface area (Å²) in [6.07, 6.45) is 1.86. The number of aromatic nitrogens is 1. The van der Waals surface area contributed by atoms with Crippen molar-refractivity contribution in [2.75, 3.05) is 0 Å².